The number of carbonyl (C=O) groups is 1. The fourth-order valence-corrected chi connectivity index (χ4v) is 3.52. The number of ether oxygens (including phenoxy) is 1. The summed E-state index contributed by atoms with van der Waals surface area (Å²) in [5, 5.41) is 3.32. The van der Waals surface area contributed by atoms with Gasteiger partial charge in [0.05, 0.1) is 13.5 Å². The van der Waals surface area contributed by atoms with Gasteiger partial charge >= 0.3 is 0 Å². The molecule has 0 radical (unpaired) electrons. The number of rotatable bonds is 7. The van der Waals surface area contributed by atoms with Crippen LogP contribution in [0.3, 0.4) is 0 Å². The summed E-state index contributed by atoms with van der Waals surface area (Å²) in [4.78, 5) is 32.0. The molecule has 1 aromatic heterocycles. The lowest BCUT2D eigenvalue weighted by Gasteiger charge is -2.09. The summed E-state index contributed by atoms with van der Waals surface area (Å²) < 4.78 is 5.14. The summed E-state index contributed by atoms with van der Waals surface area (Å²) in [5.41, 5.74) is 2.39. The smallest absolute Gasteiger partial charge is 0.255 e. The van der Waals surface area contributed by atoms with Crippen LogP contribution in [0.4, 0.5) is 5.69 Å². The zero-order chi connectivity index (χ0) is 19.9. The Morgan fingerprint density at radius 1 is 1.18 bits per heavy atom. The zero-order valence-electron chi connectivity index (χ0n) is 15.7. The van der Waals surface area contributed by atoms with Gasteiger partial charge in [-0.1, -0.05) is 48.2 Å². The van der Waals surface area contributed by atoms with E-state index in [-0.39, 0.29) is 17.9 Å². The second-order valence-corrected chi connectivity index (χ2v) is 7.13. The Bertz CT molecular complexity index is 1020. The maximum Gasteiger partial charge on any atom is 0.255 e. The summed E-state index contributed by atoms with van der Waals surface area (Å²) >= 11 is 1.46. The number of aromatic nitrogens is 2. The third-order valence-corrected chi connectivity index (χ3v) is 5.05. The van der Waals surface area contributed by atoms with Crippen molar-refractivity contribution in [1.82, 2.24) is 9.97 Å². The fraction of sp³-hybridized carbons (Fsp3) is 0.190. The van der Waals surface area contributed by atoms with Gasteiger partial charge in [-0.15, -0.1) is 0 Å². The van der Waals surface area contributed by atoms with Crippen LogP contribution >= 0.6 is 11.8 Å². The molecule has 0 aliphatic carbocycles. The summed E-state index contributed by atoms with van der Waals surface area (Å²) in [6.45, 7) is 1.75. The van der Waals surface area contributed by atoms with Gasteiger partial charge in [0.2, 0.25) is 5.91 Å². The maximum atomic E-state index is 12.5. The number of aryl methyl sites for hydroxylation is 1. The Balaban J connectivity index is 1.66. The first-order valence-electron chi connectivity index (χ1n) is 8.75. The minimum atomic E-state index is -0.288. The van der Waals surface area contributed by atoms with Crippen molar-refractivity contribution in [2.45, 2.75) is 24.3 Å². The Kier molecular flexibility index (Phi) is 6.49. The average molecular weight is 395 g/mol. The van der Waals surface area contributed by atoms with Crippen LogP contribution in [-0.4, -0.2) is 23.0 Å². The molecule has 0 unspecified atom stereocenters. The van der Waals surface area contributed by atoms with Gasteiger partial charge in [-0.3, -0.25) is 9.59 Å². The number of methoxy groups -OCH3 is 1. The highest BCUT2D eigenvalue weighted by atomic mass is 32.2. The number of benzene rings is 2. The van der Waals surface area contributed by atoms with E-state index in [0.717, 1.165) is 5.56 Å². The Labute approximate surface area is 167 Å². The number of nitrogens with zero attached hydrogens (tertiary/aromatic N) is 1. The molecule has 0 spiro atoms. The lowest BCUT2D eigenvalue weighted by atomic mass is 10.1. The summed E-state index contributed by atoms with van der Waals surface area (Å²) in [5.74, 6) is 1.07. The number of hydrogen-bond acceptors (Lipinski definition) is 5. The van der Waals surface area contributed by atoms with Gasteiger partial charge in [-0.2, -0.15) is 0 Å². The molecule has 28 heavy (non-hydrogen) atoms. The number of aromatic amines is 1. The van der Waals surface area contributed by atoms with Crippen molar-refractivity contribution in [3.63, 3.8) is 0 Å². The SMILES string of the molecule is COc1cccc(NC(=O)Cc2c(C)nc(SCc3ccccc3)[nH]c2=O)c1. The molecule has 144 valence electrons. The zero-order valence-corrected chi connectivity index (χ0v) is 16.5. The van der Waals surface area contributed by atoms with Crippen molar-refractivity contribution < 1.29 is 9.53 Å². The van der Waals surface area contributed by atoms with E-state index in [1.54, 1.807) is 38.3 Å². The summed E-state index contributed by atoms with van der Waals surface area (Å²) in [6, 6.07) is 17.0. The van der Waals surface area contributed by atoms with Gasteiger partial charge in [0, 0.05) is 28.8 Å². The van der Waals surface area contributed by atoms with Crippen molar-refractivity contribution in [2.24, 2.45) is 0 Å². The molecule has 0 aliphatic rings. The number of carbonyl (C=O) groups excluding carboxylic acids is 1. The Morgan fingerprint density at radius 2 is 1.96 bits per heavy atom. The molecule has 6 nitrogen and oxygen atoms in total. The van der Waals surface area contributed by atoms with E-state index >= 15 is 0 Å². The van der Waals surface area contributed by atoms with E-state index in [1.807, 2.05) is 30.3 Å². The molecule has 0 saturated carbocycles. The van der Waals surface area contributed by atoms with Crippen LogP contribution in [0.2, 0.25) is 0 Å². The largest absolute Gasteiger partial charge is 0.497 e. The molecular formula is C21H21N3O3S. The van der Waals surface area contributed by atoms with Crippen molar-refractivity contribution >= 4 is 23.4 Å². The van der Waals surface area contributed by atoms with Gasteiger partial charge in [0.15, 0.2) is 5.16 Å². The number of hydrogen-bond donors (Lipinski definition) is 2. The van der Waals surface area contributed by atoms with Gasteiger partial charge in [0.25, 0.3) is 5.56 Å². The summed E-state index contributed by atoms with van der Waals surface area (Å²) in [6.07, 6.45) is -0.0466. The quantitative estimate of drug-likeness (QED) is 0.472. The standard InChI is InChI=1S/C21H21N3O3S/c1-14-18(12-19(25)23-16-9-6-10-17(11-16)27-2)20(26)24-21(22-14)28-13-15-7-4-3-5-8-15/h3-11H,12-13H2,1-2H3,(H,23,25)(H,22,24,26). The lowest BCUT2D eigenvalue weighted by molar-refractivity contribution is -0.115. The first-order valence-corrected chi connectivity index (χ1v) is 9.74. The third-order valence-electron chi connectivity index (χ3n) is 4.11. The molecule has 0 fully saturated rings. The van der Waals surface area contributed by atoms with Gasteiger partial charge in [-0.05, 0) is 24.6 Å². The van der Waals surface area contributed by atoms with E-state index in [4.69, 9.17) is 4.74 Å². The molecule has 7 heteroatoms. The molecular weight excluding hydrogens is 374 g/mol. The molecule has 1 amide bonds. The van der Waals surface area contributed by atoms with Gasteiger partial charge in [0.1, 0.15) is 5.75 Å². The number of anilines is 1. The van der Waals surface area contributed by atoms with Crippen molar-refractivity contribution in [3.05, 3.63) is 81.8 Å². The van der Waals surface area contributed by atoms with Crippen molar-refractivity contribution in [3.8, 4) is 5.75 Å². The molecule has 0 saturated heterocycles. The predicted molar refractivity (Wildman–Crippen MR) is 111 cm³/mol. The van der Waals surface area contributed by atoms with E-state index in [9.17, 15) is 9.59 Å². The lowest BCUT2D eigenvalue weighted by Crippen LogP contribution is -2.23. The first kappa shape index (κ1) is 19.7. The van der Waals surface area contributed by atoms with Crippen LogP contribution in [0.1, 0.15) is 16.8 Å². The minimum absolute atomic E-state index is 0.0466. The molecule has 2 N–H and O–H groups in total. The number of amides is 1. The Hall–Kier alpha value is -3.06. The van der Waals surface area contributed by atoms with E-state index in [2.05, 4.69) is 15.3 Å². The van der Waals surface area contributed by atoms with Crippen LogP contribution < -0.4 is 15.6 Å². The van der Waals surface area contributed by atoms with Crippen LogP contribution in [0.25, 0.3) is 0 Å². The molecule has 0 atom stereocenters. The van der Waals surface area contributed by atoms with E-state index in [0.29, 0.717) is 33.6 Å². The van der Waals surface area contributed by atoms with Crippen LogP contribution in [0, 0.1) is 6.92 Å². The number of thioether (sulfide) groups is 1. The molecule has 1 heterocycles. The second-order valence-electron chi connectivity index (χ2n) is 6.17. The topological polar surface area (TPSA) is 84.1 Å². The monoisotopic (exact) mass is 395 g/mol. The van der Waals surface area contributed by atoms with Crippen LogP contribution in [0.15, 0.2) is 64.5 Å². The number of nitrogens with one attached hydrogen (secondary N) is 2. The highest BCUT2D eigenvalue weighted by molar-refractivity contribution is 7.98. The molecule has 3 rings (SSSR count). The van der Waals surface area contributed by atoms with Gasteiger partial charge in [-0.25, -0.2) is 4.98 Å². The highest BCUT2D eigenvalue weighted by Gasteiger charge is 2.13. The maximum absolute atomic E-state index is 12.5. The third kappa shape index (κ3) is 5.23. The predicted octanol–water partition coefficient (Wildman–Crippen LogP) is 3.56. The second kappa shape index (κ2) is 9.23. The first-order chi connectivity index (χ1) is 13.5. The molecule has 0 aliphatic heterocycles. The average Bonchev–Trinajstić information content (AvgIpc) is 2.70. The van der Waals surface area contributed by atoms with Crippen molar-refractivity contribution in [1.29, 1.82) is 0 Å². The fourth-order valence-electron chi connectivity index (χ4n) is 2.65. The van der Waals surface area contributed by atoms with Gasteiger partial charge < -0.3 is 15.0 Å². The van der Waals surface area contributed by atoms with Crippen LogP contribution in [0.5, 0.6) is 5.75 Å². The molecule has 3 aromatic rings. The van der Waals surface area contributed by atoms with Crippen LogP contribution in [-0.2, 0) is 17.0 Å². The van der Waals surface area contributed by atoms with E-state index < -0.39 is 0 Å². The number of H-pyrrole nitrogens is 1. The minimum Gasteiger partial charge on any atom is -0.497 e. The van der Waals surface area contributed by atoms with E-state index in [1.165, 1.54) is 11.8 Å². The summed E-state index contributed by atoms with van der Waals surface area (Å²) in [7, 11) is 1.56. The highest BCUT2D eigenvalue weighted by Crippen LogP contribution is 2.19. The molecule has 0 bridgehead atoms. The molecule has 2 aromatic carbocycles. The normalized spacial score (nSPS) is 10.5. The van der Waals surface area contributed by atoms with Crippen molar-refractivity contribution in [2.75, 3.05) is 12.4 Å². The Morgan fingerprint density at radius 3 is 2.68 bits per heavy atom.